The quantitative estimate of drug-likeness (QED) is 0.276. The van der Waals surface area contributed by atoms with Crippen LogP contribution in [0.15, 0.2) is 59.5 Å². The van der Waals surface area contributed by atoms with Crippen LogP contribution >= 0.6 is 0 Å². The lowest BCUT2D eigenvalue weighted by Crippen LogP contribution is -2.01. The number of azide groups is 1. The highest BCUT2D eigenvalue weighted by molar-refractivity contribution is 6.10. The Bertz CT molecular complexity index is 684. The number of Topliss-reactive ketones (excluding diaryl/α,β-unsaturated/α-hetero) is 1. The van der Waals surface area contributed by atoms with E-state index in [0.717, 1.165) is 5.56 Å². The van der Waals surface area contributed by atoms with Crippen LogP contribution in [0.1, 0.15) is 21.6 Å². The Balaban J connectivity index is 2.38. The molecule has 98 valence electrons. The van der Waals surface area contributed by atoms with Crippen molar-refractivity contribution >= 4 is 11.9 Å². The van der Waals surface area contributed by atoms with Crippen molar-refractivity contribution in [2.75, 3.05) is 0 Å². The lowest BCUT2D eigenvalue weighted by atomic mass is 10.1. The Labute approximate surface area is 116 Å². The standard InChI is InChI=1S/C15H12N4O/c1-11-5-7-12(8-6-11)15(20)14(18-19-16)10-13-4-2-3-9-17-13/h2-10H,1H3. The Morgan fingerprint density at radius 2 is 2.00 bits per heavy atom. The van der Waals surface area contributed by atoms with Gasteiger partial charge in [-0.15, -0.1) is 0 Å². The molecule has 1 aromatic heterocycles. The molecule has 0 bridgehead atoms. The highest BCUT2D eigenvalue weighted by Crippen LogP contribution is 2.14. The van der Waals surface area contributed by atoms with Crippen molar-refractivity contribution in [3.63, 3.8) is 0 Å². The summed E-state index contributed by atoms with van der Waals surface area (Å²) >= 11 is 0. The van der Waals surface area contributed by atoms with Gasteiger partial charge in [0.05, 0.1) is 11.4 Å². The highest BCUT2D eigenvalue weighted by atomic mass is 16.1. The van der Waals surface area contributed by atoms with Crippen molar-refractivity contribution < 1.29 is 4.79 Å². The molecule has 5 heteroatoms. The monoisotopic (exact) mass is 264 g/mol. The minimum atomic E-state index is -0.326. The number of carbonyl (C=O) groups excluding carboxylic acids is 1. The first-order chi connectivity index (χ1) is 9.70. The molecule has 0 spiro atoms. The van der Waals surface area contributed by atoms with E-state index in [2.05, 4.69) is 15.0 Å². The van der Waals surface area contributed by atoms with E-state index >= 15 is 0 Å². The Kier molecular flexibility index (Phi) is 4.27. The van der Waals surface area contributed by atoms with Gasteiger partial charge in [-0.1, -0.05) is 41.0 Å². The predicted molar refractivity (Wildman–Crippen MR) is 76.9 cm³/mol. The normalized spacial score (nSPS) is 10.8. The second kappa shape index (κ2) is 6.31. The van der Waals surface area contributed by atoms with Gasteiger partial charge in [0.1, 0.15) is 0 Å². The summed E-state index contributed by atoms with van der Waals surface area (Å²) in [4.78, 5) is 19.1. The number of rotatable bonds is 4. The summed E-state index contributed by atoms with van der Waals surface area (Å²) in [5.74, 6) is -0.326. The Morgan fingerprint density at radius 3 is 2.60 bits per heavy atom. The topological polar surface area (TPSA) is 78.7 Å². The first-order valence-electron chi connectivity index (χ1n) is 6.00. The third-order valence-electron chi connectivity index (χ3n) is 2.67. The average molecular weight is 264 g/mol. The molecule has 5 nitrogen and oxygen atoms in total. The van der Waals surface area contributed by atoms with Crippen LogP contribution < -0.4 is 0 Å². The number of carbonyl (C=O) groups is 1. The van der Waals surface area contributed by atoms with Crippen LogP contribution in [0.5, 0.6) is 0 Å². The molecule has 0 fully saturated rings. The molecule has 0 saturated heterocycles. The fourth-order valence-corrected chi connectivity index (χ4v) is 1.64. The number of aromatic nitrogens is 1. The number of allylic oxidation sites excluding steroid dienone is 1. The number of pyridine rings is 1. The van der Waals surface area contributed by atoms with Crippen LogP contribution in [0, 0.1) is 6.92 Å². The molecule has 0 saturated carbocycles. The second-order valence-corrected chi connectivity index (χ2v) is 4.17. The molecule has 1 aromatic carbocycles. The maximum atomic E-state index is 12.3. The van der Waals surface area contributed by atoms with Gasteiger partial charge in [-0.25, -0.2) is 0 Å². The Morgan fingerprint density at radius 1 is 1.25 bits per heavy atom. The summed E-state index contributed by atoms with van der Waals surface area (Å²) in [5, 5.41) is 3.47. The number of benzene rings is 1. The average Bonchev–Trinajstić information content (AvgIpc) is 2.48. The van der Waals surface area contributed by atoms with Gasteiger partial charge >= 0.3 is 0 Å². The third-order valence-corrected chi connectivity index (χ3v) is 2.67. The zero-order valence-electron chi connectivity index (χ0n) is 10.9. The van der Waals surface area contributed by atoms with E-state index in [0.29, 0.717) is 11.3 Å². The fraction of sp³-hybridized carbons (Fsp3) is 0.0667. The van der Waals surface area contributed by atoms with E-state index in [-0.39, 0.29) is 11.5 Å². The van der Waals surface area contributed by atoms with E-state index < -0.39 is 0 Å². The summed E-state index contributed by atoms with van der Waals surface area (Å²) in [6.45, 7) is 1.94. The van der Waals surface area contributed by atoms with Gasteiger partial charge in [0.15, 0.2) is 5.78 Å². The molecule has 0 unspecified atom stereocenters. The van der Waals surface area contributed by atoms with Crippen molar-refractivity contribution in [1.82, 2.24) is 4.98 Å². The van der Waals surface area contributed by atoms with Gasteiger partial charge in [-0.2, -0.15) is 0 Å². The summed E-state index contributed by atoms with van der Waals surface area (Å²) in [5.41, 5.74) is 10.7. The number of hydrogen-bond donors (Lipinski definition) is 0. The van der Waals surface area contributed by atoms with E-state index in [1.807, 2.05) is 19.1 Å². The predicted octanol–water partition coefficient (Wildman–Crippen LogP) is 3.92. The van der Waals surface area contributed by atoms with E-state index in [9.17, 15) is 4.79 Å². The van der Waals surface area contributed by atoms with Crippen LogP contribution in [-0.4, -0.2) is 10.8 Å². The Hall–Kier alpha value is -2.91. The van der Waals surface area contributed by atoms with Crippen molar-refractivity contribution in [1.29, 1.82) is 0 Å². The number of nitrogens with zero attached hydrogens (tertiary/aromatic N) is 4. The molecule has 0 aliphatic carbocycles. The minimum Gasteiger partial charge on any atom is -0.289 e. The maximum absolute atomic E-state index is 12.3. The lowest BCUT2D eigenvalue weighted by Gasteiger charge is -2.02. The summed E-state index contributed by atoms with van der Waals surface area (Å²) < 4.78 is 0. The van der Waals surface area contributed by atoms with Gasteiger partial charge < -0.3 is 0 Å². The lowest BCUT2D eigenvalue weighted by molar-refractivity contribution is 0.103. The van der Waals surface area contributed by atoms with Crippen molar-refractivity contribution in [2.24, 2.45) is 5.11 Å². The van der Waals surface area contributed by atoms with Crippen molar-refractivity contribution in [3.05, 3.63) is 81.6 Å². The zero-order chi connectivity index (χ0) is 14.4. The van der Waals surface area contributed by atoms with E-state index in [4.69, 9.17) is 5.53 Å². The second-order valence-electron chi connectivity index (χ2n) is 4.17. The molecular formula is C15H12N4O. The molecule has 20 heavy (non-hydrogen) atoms. The molecule has 0 amide bonds. The number of ketones is 1. The van der Waals surface area contributed by atoms with Crippen LogP contribution in [0.3, 0.4) is 0 Å². The highest BCUT2D eigenvalue weighted by Gasteiger charge is 2.11. The van der Waals surface area contributed by atoms with Gasteiger partial charge in [-0.05, 0) is 30.7 Å². The van der Waals surface area contributed by atoms with Crippen LogP contribution in [-0.2, 0) is 0 Å². The largest absolute Gasteiger partial charge is 0.289 e. The van der Waals surface area contributed by atoms with Crippen molar-refractivity contribution in [2.45, 2.75) is 6.92 Å². The fourth-order valence-electron chi connectivity index (χ4n) is 1.64. The van der Waals surface area contributed by atoms with Gasteiger partial charge in [0.25, 0.3) is 0 Å². The summed E-state index contributed by atoms with van der Waals surface area (Å²) in [7, 11) is 0. The molecule has 0 radical (unpaired) electrons. The van der Waals surface area contributed by atoms with E-state index in [1.54, 1.807) is 36.5 Å². The molecule has 0 N–H and O–H groups in total. The first-order valence-corrected chi connectivity index (χ1v) is 6.00. The maximum Gasteiger partial charge on any atom is 0.195 e. The SMILES string of the molecule is Cc1ccc(C(=O)C(=Cc2ccccn2)N=[N+]=[N-])cc1. The van der Waals surface area contributed by atoms with Gasteiger partial charge in [-0.3, -0.25) is 9.78 Å². The first kappa shape index (κ1) is 13.5. The zero-order valence-corrected chi connectivity index (χ0v) is 10.9. The van der Waals surface area contributed by atoms with E-state index in [1.165, 1.54) is 6.08 Å². The summed E-state index contributed by atoms with van der Waals surface area (Å²) in [6, 6.07) is 12.4. The molecule has 0 aliphatic rings. The van der Waals surface area contributed by atoms with Crippen LogP contribution in [0.4, 0.5) is 0 Å². The van der Waals surface area contributed by atoms with Gasteiger partial charge in [0, 0.05) is 16.7 Å². The molecule has 2 aromatic rings. The minimum absolute atomic E-state index is 0.0232. The number of hydrogen-bond acceptors (Lipinski definition) is 3. The van der Waals surface area contributed by atoms with Crippen LogP contribution in [0.2, 0.25) is 0 Å². The molecule has 1 heterocycles. The molecule has 0 aliphatic heterocycles. The molecule has 0 atom stereocenters. The number of aryl methyl sites for hydroxylation is 1. The smallest absolute Gasteiger partial charge is 0.195 e. The van der Waals surface area contributed by atoms with Gasteiger partial charge in [0.2, 0.25) is 0 Å². The van der Waals surface area contributed by atoms with Crippen LogP contribution in [0.25, 0.3) is 16.5 Å². The van der Waals surface area contributed by atoms with Crippen molar-refractivity contribution in [3.8, 4) is 0 Å². The molecular weight excluding hydrogens is 252 g/mol. The summed E-state index contributed by atoms with van der Waals surface area (Å²) in [6.07, 6.45) is 3.08. The molecule has 2 rings (SSSR count). The third kappa shape index (κ3) is 3.31.